The van der Waals surface area contributed by atoms with Gasteiger partial charge in [0.15, 0.2) is 0 Å². The van der Waals surface area contributed by atoms with Gasteiger partial charge in [0, 0.05) is 36.2 Å². The molecule has 0 aliphatic carbocycles. The Bertz CT molecular complexity index is 835. The van der Waals surface area contributed by atoms with E-state index >= 15 is 0 Å². The van der Waals surface area contributed by atoms with E-state index < -0.39 is 0 Å². The number of likely N-dealkylation sites (tertiary alicyclic amines) is 1. The van der Waals surface area contributed by atoms with Gasteiger partial charge in [0.25, 0.3) is 5.91 Å². The second kappa shape index (κ2) is 6.73. The number of aromatic nitrogens is 1. The Balaban J connectivity index is 1.41. The van der Waals surface area contributed by atoms with Gasteiger partial charge < -0.3 is 4.90 Å². The zero-order chi connectivity index (χ0) is 16.4. The molecule has 3 nitrogen and oxygen atoms in total. The first-order chi connectivity index (χ1) is 11.8. The van der Waals surface area contributed by atoms with Gasteiger partial charge in [-0.2, -0.15) is 0 Å². The second-order valence-electron chi connectivity index (χ2n) is 6.45. The minimum atomic E-state index is 0.172. The first-order valence-electron chi connectivity index (χ1n) is 8.45. The Morgan fingerprint density at radius 1 is 1.17 bits per heavy atom. The number of fused-ring (bicyclic) bond motifs is 1. The molecule has 0 saturated carbocycles. The molecule has 24 heavy (non-hydrogen) atoms. The Morgan fingerprint density at radius 3 is 2.75 bits per heavy atom. The van der Waals surface area contributed by atoms with E-state index in [1.54, 1.807) is 17.5 Å². The molecule has 4 heteroatoms. The number of carbonyl (C=O) groups is 1. The Hall–Kier alpha value is -2.20. The summed E-state index contributed by atoms with van der Waals surface area (Å²) in [6.45, 7) is 1.72. The van der Waals surface area contributed by atoms with Gasteiger partial charge in [0.2, 0.25) is 0 Å². The smallest absolute Gasteiger partial charge is 0.255 e. The molecule has 1 amide bonds. The van der Waals surface area contributed by atoms with Crippen LogP contribution >= 0.6 is 11.3 Å². The first kappa shape index (κ1) is 15.3. The van der Waals surface area contributed by atoms with Gasteiger partial charge in [0.05, 0.1) is 10.3 Å². The molecule has 4 rings (SSSR count). The standard InChI is InChI=1S/C20H20N2OS/c23-20(18-14-24-19-13-21-9-6-17(18)19)22-10-7-16(8-11-22)12-15-4-2-1-3-5-15/h1-6,9,13-14,16H,7-8,10-12H2. The fourth-order valence-corrected chi connectivity index (χ4v) is 4.41. The number of carbonyl (C=O) groups excluding carboxylic acids is 1. The van der Waals surface area contributed by atoms with Gasteiger partial charge >= 0.3 is 0 Å². The van der Waals surface area contributed by atoms with Crippen LogP contribution in [0.25, 0.3) is 10.1 Å². The highest BCUT2D eigenvalue weighted by atomic mass is 32.1. The van der Waals surface area contributed by atoms with Gasteiger partial charge in [-0.1, -0.05) is 30.3 Å². The summed E-state index contributed by atoms with van der Waals surface area (Å²) < 4.78 is 1.08. The van der Waals surface area contributed by atoms with Crippen molar-refractivity contribution in [2.75, 3.05) is 13.1 Å². The van der Waals surface area contributed by atoms with Crippen LogP contribution < -0.4 is 0 Å². The maximum absolute atomic E-state index is 12.9. The van der Waals surface area contributed by atoms with Crippen molar-refractivity contribution in [3.8, 4) is 0 Å². The molecule has 1 aliphatic heterocycles. The lowest BCUT2D eigenvalue weighted by Gasteiger charge is -2.32. The molecule has 3 heterocycles. The van der Waals surface area contributed by atoms with E-state index in [1.807, 2.05) is 22.5 Å². The van der Waals surface area contributed by atoms with Crippen molar-refractivity contribution in [1.82, 2.24) is 9.88 Å². The third-order valence-electron chi connectivity index (χ3n) is 4.88. The van der Waals surface area contributed by atoms with E-state index in [4.69, 9.17) is 0 Å². The molecule has 2 aromatic heterocycles. The van der Waals surface area contributed by atoms with E-state index in [1.165, 1.54) is 5.56 Å². The van der Waals surface area contributed by atoms with Crippen molar-refractivity contribution in [3.05, 3.63) is 65.3 Å². The van der Waals surface area contributed by atoms with Gasteiger partial charge in [-0.3, -0.25) is 9.78 Å². The first-order valence-corrected chi connectivity index (χ1v) is 9.33. The van der Waals surface area contributed by atoms with Crippen LogP contribution in [0.5, 0.6) is 0 Å². The largest absolute Gasteiger partial charge is 0.339 e. The van der Waals surface area contributed by atoms with Crippen molar-refractivity contribution in [2.24, 2.45) is 5.92 Å². The molecule has 3 aromatic rings. The quantitative estimate of drug-likeness (QED) is 0.710. The lowest BCUT2D eigenvalue weighted by atomic mass is 9.90. The topological polar surface area (TPSA) is 33.2 Å². The van der Waals surface area contributed by atoms with E-state index in [0.717, 1.165) is 48.0 Å². The normalized spacial score (nSPS) is 15.8. The van der Waals surface area contributed by atoms with Crippen LogP contribution in [0, 0.1) is 5.92 Å². The van der Waals surface area contributed by atoms with Crippen LogP contribution in [0.3, 0.4) is 0 Å². The van der Waals surface area contributed by atoms with E-state index in [0.29, 0.717) is 5.92 Å². The van der Waals surface area contributed by atoms with Crippen LogP contribution in [-0.4, -0.2) is 28.9 Å². The minimum absolute atomic E-state index is 0.172. The fourth-order valence-electron chi connectivity index (χ4n) is 3.51. The molecule has 1 aromatic carbocycles. The molecule has 122 valence electrons. The van der Waals surface area contributed by atoms with E-state index in [-0.39, 0.29) is 5.91 Å². The molecule has 1 aliphatic rings. The van der Waals surface area contributed by atoms with Crippen molar-refractivity contribution in [1.29, 1.82) is 0 Å². The molecule has 0 radical (unpaired) electrons. The molecule has 0 bridgehead atoms. The van der Waals surface area contributed by atoms with Gasteiger partial charge in [-0.15, -0.1) is 11.3 Å². The zero-order valence-electron chi connectivity index (χ0n) is 13.5. The average molecular weight is 336 g/mol. The summed E-state index contributed by atoms with van der Waals surface area (Å²) in [6, 6.07) is 12.6. The lowest BCUT2D eigenvalue weighted by Crippen LogP contribution is -2.38. The minimum Gasteiger partial charge on any atom is -0.339 e. The second-order valence-corrected chi connectivity index (χ2v) is 7.36. The number of hydrogen-bond acceptors (Lipinski definition) is 3. The van der Waals surface area contributed by atoms with E-state index in [9.17, 15) is 4.79 Å². The zero-order valence-corrected chi connectivity index (χ0v) is 14.3. The van der Waals surface area contributed by atoms with Crippen LogP contribution in [0.15, 0.2) is 54.2 Å². The highest BCUT2D eigenvalue weighted by Gasteiger charge is 2.25. The number of amides is 1. The SMILES string of the molecule is O=C(c1csc2cnccc12)N1CCC(Cc2ccccc2)CC1. The number of nitrogens with zero attached hydrogens (tertiary/aromatic N) is 2. The summed E-state index contributed by atoms with van der Waals surface area (Å²) in [5.41, 5.74) is 2.23. The molecule has 0 N–H and O–H groups in total. The van der Waals surface area contributed by atoms with Gasteiger partial charge in [-0.25, -0.2) is 0 Å². The maximum Gasteiger partial charge on any atom is 0.255 e. The third kappa shape index (κ3) is 3.06. The number of benzene rings is 1. The van der Waals surface area contributed by atoms with E-state index in [2.05, 4.69) is 35.3 Å². The van der Waals surface area contributed by atoms with Crippen molar-refractivity contribution >= 4 is 27.3 Å². The number of pyridine rings is 1. The van der Waals surface area contributed by atoms with Crippen molar-refractivity contribution in [3.63, 3.8) is 0 Å². The van der Waals surface area contributed by atoms with Crippen LogP contribution in [0.2, 0.25) is 0 Å². The summed E-state index contributed by atoms with van der Waals surface area (Å²) in [6.07, 6.45) is 6.89. The van der Waals surface area contributed by atoms with Gasteiger partial charge in [-0.05, 0) is 36.8 Å². The summed E-state index contributed by atoms with van der Waals surface area (Å²) in [5.74, 6) is 0.852. The predicted molar refractivity (Wildman–Crippen MR) is 98.4 cm³/mol. The highest BCUT2D eigenvalue weighted by Crippen LogP contribution is 2.28. The number of hydrogen-bond donors (Lipinski definition) is 0. The fraction of sp³-hybridized carbons (Fsp3) is 0.300. The Kier molecular flexibility index (Phi) is 4.30. The number of piperidine rings is 1. The summed E-state index contributed by atoms with van der Waals surface area (Å²) in [7, 11) is 0. The van der Waals surface area contributed by atoms with Crippen LogP contribution in [0.4, 0.5) is 0 Å². The van der Waals surface area contributed by atoms with Crippen molar-refractivity contribution < 1.29 is 4.79 Å². The average Bonchev–Trinajstić information content (AvgIpc) is 3.07. The molecule has 0 spiro atoms. The van der Waals surface area contributed by atoms with Crippen LogP contribution in [0.1, 0.15) is 28.8 Å². The maximum atomic E-state index is 12.9. The monoisotopic (exact) mass is 336 g/mol. The summed E-state index contributed by atoms with van der Waals surface area (Å²) in [5, 5.41) is 3.01. The highest BCUT2D eigenvalue weighted by molar-refractivity contribution is 7.17. The third-order valence-corrected chi connectivity index (χ3v) is 5.81. The molecular weight excluding hydrogens is 316 g/mol. The van der Waals surface area contributed by atoms with Gasteiger partial charge in [0.1, 0.15) is 0 Å². The molecule has 1 saturated heterocycles. The predicted octanol–water partition coefficient (Wildman–Crippen LogP) is 4.39. The summed E-state index contributed by atoms with van der Waals surface area (Å²) >= 11 is 1.60. The molecule has 1 fully saturated rings. The molecule has 0 atom stereocenters. The number of rotatable bonds is 3. The molecular formula is C20H20N2OS. The van der Waals surface area contributed by atoms with Crippen LogP contribution in [-0.2, 0) is 6.42 Å². The Labute approximate surface area is 146 Å². The number of thiophene rings is 1. The van der Waals surface area contributed by atoms with Crippen molar-refractivity contribution in [2.45, 2.75) is 19.3 Å². The molecule has 0 unspecified atom stereocenters. The Morgan fingerprint density at radius 2 is 1.96 bits per heavy atom. The summed E-state index contributed by atoms with van der Waals surface area (Å²) in [4.78, 5) is 19.0. The lowest BCUT2D eigenvalue weighted by molar-refractivity contribution is 0.0693.